The van der Waals surface area contributed by atoms with Crippen LogP contribution in [0.15, 0.2) is 5.38 Å². The van der Waals surface area contributed by atoms with Crippen LogP contribution in [0.2, 0.25) is 0 Å². The number of fused-ring (bicyclic) bond motifs is 1. The maximum absolute atomic E-state index is 12.9. The van der Waals surface area contributed by atoms with Crippen molar-refractivity contribution in [3.63, 3.8) is 0 Å². The Hall–Kier alpha value is -1.02. The predicted molar refractivity (Wildman–Crippen MR) is 107 cm³/mol. The largest absolute Gasteiger partial charge is 0.391 e. The van der Waals surface area contributed by atoms with E-state index in [0.29, 0.717) is 17.5 Å². The summed E-state index contributed by atoms with van der Waals surface area (Å²) in [4.78, 5) is 24.3. The van der Waals surface area contributed by atoms with Crippen LogP contribution >= 0.6 is 11.3 Å². The highest BCUT2D eigenvalue weighted by Crippen LogP contribution is 2.39. The van der Waals surface area contributed by atoms with Crippen molar-refractivity contribution in [2.24, 2.45) is 11.8 Å². The number of aliphatic hydroxyl groups is 1. The van der Waals surface area contributed by atoms with Crippen LogP contribution in [0.4, 0.5) is 0 Å². The van der Waals surface area contributed by atoms with Gasteiger partial charge in [0.2, 0.25) is 0 Å². The number of likely N-dealkylation sites (N-methyl/N-ethyl adjacent to an activating group) is 1. The molecule has 1 aliphatic carbocycles. The van der Waals surface area contributed by atoms with Gasteiger partial charge < -0.3 is 14.9 Å². The fraction of sp³-hybridized carbons (Fsp3) is 0.800. The van der Waals surface area contributed by atoms with Crippen molar-refractivity contribution in [2.75, 3.05) is 46.3 Å². The van der Waals surface area contributed by atoms with E-state index in [1.54, 1.807) is 11.3 Å². The minimum atomic E-state index is -0.264. The lowest BCUT2D eigenvalue weighted by Gasteiger charge is -2.44. The van der Waals surface area contributed by atoms with E-state index in [9.17, 15) is 9.90 Å². The third kappa shape index (κ3) is 4.06. The average molecular weight is 393 g/mol. The van der Waals surface area contributed by atoms with E-state index >= 15 is 0 Å². The molecule has 7 heteroatoms. The smallest absolute Gasteiger partial charge is 0.273 e. The van der Waals surface area contributed by atoms with Gasteiger partial charge in [-0.1, -0.05) is 6.92 Å². The van der Waals surface area contributed by atoms with E-state index < -0.39 is 0 Å². The van der Waals surface area contributed by atoms with Crippen molar-refractivity contribution >= 4 is 17.2 Å². The molecule has 1 saturated carbocycles. The Bertz CT molecular complexity index is 658. The predicted octanol–water partition coefficient (Wildman–Crippen LogP) is 1.55. The lowest BCUT2D eigenvalue weighted by atomic mass is 9.77. The van der Waals surface area contributed by atoms with Gasteiger partial charge in [-0.15, -0.1) is 11.3 Å². The van der Waals surface area contributed by atoms with Gasteiger partial charge in [-0.3, -0.25) is 9.69 Å². The van der Waals surface area contributed by atoms with Crippen molar-refractivity contribution in [3.8, 4) is 0 Å². The van der Waals surface area contributed by atoms with Crippen LogP contribution in [0.1, 0.15) is 41.7 Å². The number of hydrogen-bond acceptors (Lipinski definition) is 6. The Morgan fingerprint density at radius 3 is 2.63 bits per heavy atom. The molecular weight excluding hydrogens is 360 g/mol. The summed E-state index contributed by atoms with van der Waals surface area (Å²) in [7, 11) is 2.16. The molecule has 1 aromatic rings. The van der Waals surface area contributed by atoms with Crippen molar-refractivity contribution < 1.29 is 9.90 Å². The van der Waals surface area contributed by atoms with Gasteiger partial charge in [-0.25, -0.2) is 4.98 Å². The molecule has 0 aromatic carbocycles. The van der Waals surface area contributed by atoms with Crippen LogP contribution in [0.3, 0.4) is 0 Å². The number of carbonyl (C=O) groups is 1. The van der Waals surface area contributed by atoms with Gasteiger partial charge in [0.1, 0.15) is 5.69 Å². The van der Waals surface area contributed by atoms with E-state index in [4.69, 9.17) is 0 Å². The van der Waals surface area contributed by atoms with Gasteiger partial charge >= 0.3 is 0 Å². The van der Waals surface area contributed by atoms with Gasteiger partial charge in [0.25, 0.3) is 5.91 Å². The fourth-order valence-corrected chi connectivity index (χ4v) is 5.89. The second kappa shape index (κ2) is 8.15. The van der Waals surface area contributed by atoms with Crippen LogP contribution in [0.5, 0.6) is 0 Å². The molecule has 0 spiro atoms. The third-order valence-corrected chi connectivity index (χ3v) is 7.55. The number of aliphatic hydroxyl groups excluding tert-OH is 1. The van der Waals surface area contributed by atoms with E-state index in [2.05, 4.69) is 28.8 Å². The lowest BCUT2D eigenvalue weighted by Crippen LogP contribution is -2.55. The van der Waals surface area contributed by atoms with E-state index in [-0.39, 0.29) is 18.1 Å². The number of aromatic nitrogens is 1. The molecule has 3 fully saturated rings. The monoisotopic (exact) mass is 392 g/mol. The summed E-state index contributed by atoms with van der Waals surface area (Å²) in [5.41, 5.74) is 0.610. The zero-order valence-electron chi connectivity index (χ0n) is 16.5. The molecule has 1 amide bonds. The minimum absolute atomic E-state index is 0.0774. The van der Waals surface area contributed by atoms with E-state index in [1.807, 2.05) is 10.3 Å². The first kappa shape index (κ1) is 19.3. The summed E-state index contributed by atoms with van der Waals surface area (Å²) in [5, 5.41) is 13.7. The SMILES string of the molecule is CCCc1nc(C(=O)N2C[C@H]3C[C@@H](N4CCN(C)CC4)[C@H](O)C[C@H]3C2)cs1. The number of rotatable bonds is 4. The molecule has 3 heterocycles. The second-order valence-corrected chi connectivity index (χ2v) is 9.49. The maximum Gasteiger partial charge on any atom is 0.273 e. The van der Waals surface area contributed by atoms with Gasteiger partial charge in [0.05, 0.1) is 11.1 Å². The number of amides is 1. The first-order valence-electron chi connectivity index (χ1n) is 10.4. The van der Waals surface area contributed by atoms with Crippen LogP contribution in [0.25, 0.3) is 0 Å². The zero-order chi connectivity index (χ0) is 19.0. The highest BCUT2D eigenvalue weighted by Gasteiger charge is 2.45. The molecule has 150 valence electrons. The summed E-state index contributed by atoms with van der Waals surface area (Å²) >= 11 is 1.60. The number of nitrogens with zero attached hydrogens (tertiary/aromatic N) is 4. The summed E-state index contributed by atoms with van der Waals surface area (Å²) in [6, 6.07) is 0.255. The first-order chi connectivity index (χ1) is 13.0. The topological polar surface area (TPSA) is 59.9 Å². The molecule has 1 N–H and O–H groups in total. The maximum atomic E-state index is 12.9. The summed E-state index contributed by atoms with van der Waals surface area (Å²) in [6.45, 7) is 7.96. The first-order valence-corrected chi connectivity index (χ1v) is 11.3. The summed E-state index contributed by atoms with van der Waals surface area (Å²) < 4.78 is 0. The van der Waals surface area contributed by atoms with Crippen LogP contribution in [-0.4, -0.2) is 89.2 Å². The highest BCUT2D eigenvalue weighted by molar-refractivity contribution is 7.09. The Balaban J connectivity index is 1.38. The van der Waals surface area contributed by atoms with Crippen LogP contribution < -0.4 is 0 Å². The quantitative estimate of drug-likeness (QED) is 0.843. The number of piperazine rings is 1. The zero-order valence-corrected chi connectivity index (χ0v) is 17.3. The second-order valence-electron chi connectivity index (χ2n) is 8.55. The van der Waals surface area contributed by atoms with Crippen LogP contribution in [-0.2, 0) is 6.42 Å². The Morgan fingerprint density at radius 1 is 1.22 bits per heavy atom. The molecule has 0 unspecified atom stereocenters. The van der Waals surface area contributed by atoms with Crippen molar-refractivity contribution in [1.29, 1.82) is 0 Å². The molecule has 2 saturated heterocycles. The van der Waals surface area contributed by atoms with Crippen molar-refractivity contribution in [2.45, 2.75) is 44.8 Å². The number of aryl methyl sites for hydroxylation is 1. The Morgan fingerprint density at radius 2 is 1.93 bits per heavy atom. The lowest BCUT2D eigenvalue weighted by molar-refractivity contribution is -0.0249. The summed E-state index contributed by atoms with van der Waals surface area (Å²) in [5.74, 6) is 1.02. The van der Waals surface area contributed by atoms with Gasteiger partial charge in [0.15, 0.2) is 0 Å². The Labute approximate surface area is 166 Å². The molecule has 1 aromatic heterocycles. The van der Waals surface area contributed by atoms with E-state index in [0.717, 1.165) is 70.0 Å². The minimum Gasteiger partial charge on any atom is -0.391 e. The van der Waals surface area contributed by atoms with Crippen molar-refractivity contribution in [3.05, 3.63) is 16.1 Å². The number of hydrogen-bond donors (Lipinski definition) is 1. The van der Waals surface area contributed by atoms with Gasteiger partial charge in [-0.2, -0.15) is 0 Å². The Kier molecular flexibility index (Phi) is 5.83. The summed E-state index contributed by atoms with van der Waals surface area (Å²) in [6.07, 6.45) is 3.57. The number of likely N-dealkylation sites (tertiary alicyclic amines) is 1. The standard InChI is InChI=1S/C20H32N4O2S/c1-3-4-19-21-16(13-27-19)20(26)24-11-14-9-17(18(25)10-15(14)12-24)23-7-5-22(2)6-8-23/h13-15,17-18,25H,3-12H2,1-2H3/t14-,15+,17-,18-/m1/s1. The van der Waals surface area contributed by atoms with Gasteiger partial charge in [0, 0.05) is 50.7 Å². The molecule has 4 rings (SSSR count). The molecule has 3 aliphatic rings. The number of thiazole rings is 1. The van der Waals surface area contributed by atoms with Crippen LogP contribution in [0, 0.1) is 11.8 Å². The molecule has 27 heavy (non-hydrogen) atoms. The molecule has 0 bridgehead atoms. The third-order valence-electron chi connectivity index (χ3n) is 6.64. The van der Waals surface area contributed by atoms with E-state index in [1.165, 1.54) is 0 Å². The molecule has 4 atom stereocenters. The normalized spacial score (nSPS) is 32.6. The molecule has 6 nitrogen and oxygen atoms in total. The van der Waals surface area contributed by atoms with Crippen molar-refractivity contribution in [1.82, 2.24) is 19.7 Å². The number of carbonyl (C=O) groups excluding carboxylic acids is 1. The average Bonchev–Trinajstić information content (AvgIpc) is 3.28. The molecule has 0 radical (unpaired) electrons. The molecular formula is C20H32N4O2S. The fourth-order valence-electron chi connectivity index (χ4n) is 5.02. The molecule has 2 aliphatic heterocycles. The highest BCUT2D eigenvalue weighted by atomic mass is 32.1. The van der Waals surface area contributed by atoms with Gasteiger partial charge in [-0.05, 0) is 44.6 Å².